The van der Waals surface area contributed by atoms with Crippen molar-refractivity contribution in [2.75, 3.05) is 19.6 Å². The molecule has 0 radical (unpaired) electrons. The Bertz CT molecular complexity index is 460. The molecule has 0 spiro atoms. The SMILES string of the molecule is C[C@@H](CN)NS(=O)(=O)C1CCCN(C(=O)C2CCCC2)C1. The first kappa shape index (κ1) is 16.7. The molecule has 21 heavy (non-hydrogen) atoms. The van der Waals surface area contributed by atoms with Crippen LogP contribution in [0.5, 0.6) is 0 Å². The van der Waals surface area contributed by atoms with Crippen molar-refractivity contribution in [1.82, 2.24) is 9.62 Å². The van der Waals surface area contributed by atoms with E-state index in [1.54, 1.807) is 11.8 Å². The minimum Gasteiger partial charge on any atom is -0.341 e. The summed E-state index contributed by atoms with van der Waals surface area (Å²) in [5, 5.41) is -0.509. The maximum Gasteiger partial charge on any atom is 0.225 e. The summed E-state index contributed by atoms with van der Waals surface area (Å²) in [6, 6.07) is -0.268. The lowest BCUT2D eigenvalue weighted by Crippen LogP contribution is -2.51. The van der Waals surface area contributed by atoms with Crippen molar-refractivity contribution in [3.05, 3.63) is 0 Å². The van der Waals surface area contributed by atoms with Gasteiger partial charge in [0.1, 0.15) is 0 Å². The van der Waals surface area contributed by atoms with E-state index in [4.69, 9.17) is 5.73 Å². The monoisotopic (exact) mass is 317 g/mol. The fraction of sp³-hybridized carbons (Fsp3) is 0.929. The summed E-state index contributed by atoms with van der Waals surface area (Å²) in [4.78, 5) is 14.2. The summed E-state index contributed by atoms with van der Waals surface area (Å²) in [6.07, 6.45) is 5.50. The van der Waals surface area contributed by atoms with Crippen LogP contribution in [0.25, 0.3) is 0 Å². The zero-order valence-electron chi connectivity index (χ0n) is 12.8. The third kappa shape index (κ3) is 4.17. The molecule has 2 fully saturated rings. The predicted molar refractivity (Wildman–Crippen MR) is 82.1 cm³/mol. The zero-order valence-corrected chi connectivity index (χ0v) is 13.6. The lowest BCUT2D eigenvalue weighted by atomic mass is 10.0. The highest BCUT2D eigenvalue weighted by Crippen LogP contribution is 2.28. The van der Waals surface area contributed by atoms with Crippen LogP contribution in [0.15, 0.2) is 0 Å². The largest absolute Gasteiger partial charge is 0.341 e. The van der Waals surface area contributed by atoms with Gasteiger partial charge in [-0.1, -0.05) is 12.8 Å². The van der Waals surface area contributed by atoms with Gasteiger partial charge in [0.05, 0.1) is 5.25 Å². The predicted octanol–water partition coefficient (Wildman–Crippen LogP) is 0.434. The van der Waals surface area contributed by atoms with Crippen LogP contribution < -0.4 is 10.5 Å². The van der Waals surface area contributed by atoms with Gasteiger partial charge < -0.3 is 10.6 Å². The molecular formula is C14H27N3O3S. The second kappa shape index (κ2) is 7.07. The van der Waals surface area contributed by atoms with Crippen molar-refractivity contribution in [3.63, 3.8) is 0 Å². The van der Waals surface area contributed by atoms with Gasteiger partial charge in [-0.3, -0.25) is 4.79 Å². The van der Waals surface area contributed by atoms with E-state index in [1.807, 2.05) is 0 Å². The summed E-state index contributed by atoms with van der Waals surface area (Å²) in [7, 11) is -3.41. The van der Waals surface area contributed by atoms with Crippen molar-refractivity contribution < 1.29 is 13.2 Å². The van der Waals surface area contributed by atoms with Gasteiger partial charge in [0.15, 0.2) is 0 Å². The molecule has 1 unspecified atom stereocenters. The van der Waals surface area contributed by atoms with Crippen LogP contribution in [-0.2, 0) is 14.8 Å². The number of likely N-dealkylation sites (tertiary alicyclic amines) is 1. The van der Waals surface area contributed by atoms with Gasteiger partial charge in [-0.25, -0.2) is 13.1 Å². The Morgan fingerprint density at radius 3 is 2.57 bits per heavy atom. The van der Waals surface area contributed by atoms with Gasteiger partial charge in [0, 0.05) is 31.6 Å². The quantitative estimate of drug-likeness (QED) is 0.769. The Kier molecular flexibility index (Phi) is 5.62. The van der Waals surface area contributed by atoms with Crippen molar-refractivity contribution in [1.29, 1.82) is 0 Å². The summed E-state index contributed by atoms with van der Waals surface area (Å²) in [5.41, 5.74) is 5.48. The van der Waals surface area contributed by atoms with Crippen LogP contribution in [0.3, 0.4) is 0 Å². The van der Waals surface area contributed by atoms with E-state index in [0.717, 1.165) is 32.1 Å². The number of sulfonamides is 1. The normalized spacial score (nSPS) is 26.0. The van der Waals surface area contributed by atoms with Gasteiger partial charge >= 0.3 is 0 Å². The summed E-state index contributed by atoms with van der Waals surface area (Å²) in [6.45, 7) is 3.04. The average Bonchev–Trinajstić information content (AvgIpc) is 3.00. The number of nitrogens with zero attached hydrogens (tertiary/aromatic N) is 1. The second-order valence-corrected chi connectivity index (χ2v) is 8.32. The zero-order chi connectivity index (χ0) is 15.5. The van der Waals surface area contributed by atoms with E-state index >= 15 is 0 Å². The maximum absolute atomic E-state index is 12.4. The van der Waals surface area contributed by atoms with Crippen LogP contribution in [0, 0.1) is 5.92 Å². The molecule has 1 aliphatic heterocycles. The van der Waals surface area contributed by atoms with E-state index in [2.05, 4.69) is 4.72 Å². The first-order valence-corrected chi connectivity index (χ1v) is 9.48. The van der Waals surface area contributed by atoms with E-state index in [1.165, 1.54) is 0 Å². The Hall–Kier alpha value is -0.660. The molecule has 7 heteroatoms. The fourth-order valence-electron chi connectivity index (χ4n) is 3.25. The molecule has 3 N–H and O–H groups in total. The summed E-state index contributed by atoms with van der Waals surface area (Å²) < 4.78 is 27.3. The molecule has 6 nitrogen and oxygen atoms in total. The van der Waals surface area contributed by atoms with Crippen molar-refractivity contribution in [2.24, 2.45) is 11.7 Å². The minimum atomic E-state index is -3.41. The number of carbonyl (C=O) groups excluding carboxylic acids is 1. The van der Waals surface area contributed by atoms with E-state index in [-0.39, 0.29) is 24.4 Å². The first-order chi connectivity index (χ1) is 9.94. The molecule has 0 aromatic rings. The second-order valence-electron chi connectivity index (χ2n) is 6.33. The topological polar surface area (TPSA) is 92.5 Å². The number of rotatable bonds is 5. The van der Waals surface area contributed by atoms with E-state index in [0.29, 0.717) is 19.5 Å². The number of hydrogen-bond acceptors (Lipinski definition) is 4. The highest BCUT2D eigenvalue weighted by atomic mass is 32.2. The van der Waals surface area contributed by atoms with Crippen molar-refractivity contribution in [2.45, 2.75) is 56.7 Å². The Balaban J connectivity index is 1.98. The molecule has 1 saturated heterocycles. The van der Waals surface area contributed by atoms with Gasteiger partial charge in [-0.05, 0) is 32.6 Å². The lowest BCUT2D eigenvalue weighted by molar-refractivity contribution is -0.136. The molecule has 0 aromatic heterocycles. The molecule has 122 valence electrons. The maximum atomic E-state index is 12.4. The highest BCUT2D eigenvalue weighted by Gasteiger charge is 2.35. The number of piperidine rings is 1. The minimum absolute atomic E-state index is 0.113. The third-order valence-electron chi connectivity index (χ3n) is 4.55. The van der Waals surface area contributed by atoms with E-state index < -0.39 is 15.3 Å². The third-order valence-corrected chi connectivity index (χ3v) is 6.55. The summed E-state index contributed by atoms with van der Waals surface area (Å²) in [5.74, 6) is 0.265. The highest BCUT2D eigenvalue weighted by molar-refractivity contribution is 7.90. The first-order valence-electron chi connectivity index (χ1n) is 7.94. The van der Waals surface area contributed by atoms with Gasteiger partial charge in [0.25, 0.3) is 0 Å². The molecule has 1 amide bonds. The number of carbonyl (C=O) groups is 1. The molecule has 1 aliphatic carbocycles. The van der Waals surface area contributed by atoms with Crippen molar-refractivity contribution in [3.8, 4) is 0 Å². The van der Waals surface area contributed by atoms with Gasteiger partial charge in [-0.2, -0.15) is 0 Å². The number of amides is 1. The lowest BCUT2D eigenvalue weighted by Gasteiger charge is -2.34. The molecule has 2 aliphatic rings. The Labute approximate surface area is 127 Å². The van der Waals surface area contributed by atoms with Crippen LogP contribution >= 0.6 is 0 Å². The standard InChI is InChI=1S/C14H27N3O3S/c1-11(9-15)16-21(19,20)13-7-4-8-17(10-13)14(18)12-5-2-3-6-12/h11-13,16H,2-10,15H2,1H3/t11-,13?/m0/s1. The molecule has 1 heterocycles. The molecule has 2 atom stereocenters. The van der Waals surface area contributed by atoms with Crippen LogP contribution in [0.1, 0.15) is 45.4 Å². The number of nitrogens with one attached hydrogen (secondary N) is 1. The number of hydrogen-bond donors (Lipinski definition) is 2. The molecule has 0 bridgehead atoms. The summed E-state index contributed by atoms with van der Waals surface area (Å²) >= 11 is 0. The Morgan fingerprint density at radius 1 is 1.29 bits per heavy atom. The molecular weight excluding hydrogens is 290 g/mol. The average molecular weight is 317 g/mol. The van der Waals surface area contributed by atoms with Gasteiger partial charge in [-0.15, -0.1) is 0 Å². The van der Waals surface area contributed by atoms with Crippen LogP contribution in [0.4, 0.5) is 0 Å². The molecule has 0 aromatic carbocycles. The van der Waals surface area contributed by atoms with E-state index in [9.17, 15) is 13.2 Å². The Morgan fingerprint density at radius 2 is 1.95 bits per heavy atom. The van der Waals surface area contributed by atoms with Crippen LogP contribution in [0.2, 0.25) is 0 Å². The molecule has 1 saturated carbocycles. The van der Waals surface area contributed by atoms with Crippen LogP contribution in [-0.4, -0.2) is 50.2 Å². The number of nitrogens with two attached hydrogens (primary N) is 1. The fourth-order valence-corrected chi connectivity index (χ4v) is 4.95. The molecule has 2 rings (SSSR count). The smallest absolute Gasteiger partial charge is 0.225 e. The van der Waals surface area contributed by atoms with Gasteiger partial charge in [0.2, 0.25) is 15.9 Å². The van der Waals surface area contributed by atoms with Crippen molar-refractivity contribution >= 4 is 15.9 Å².